The van der Waals surface area contributed by atoms with Crippen LogP contribution in [0.25, 0.3) is 0 Å². The number of allylic oxidation sites excluding steroid dienone is 2. The summed E-state index contributed by atoms with van der Waals surface area (Å²) < 4.78 is 18.5. The van der Waals surface area contributed by atoms with Crippen molar-refractivity contribution in [2.45, 2.75) is 115 Å². The lowest BCUT2D eigenvalue weighted by molar-refractivity contribution is -0.171. The minimum Gasteiger partial charge on any atom is -0.565 e. The van der Waals surface area contributed by atoms with Gasteiger partial charge in [-0.05, 0) is 51.1 Å². The molecule has 33 heavy (non-hydrogen) atoms. The van der Waals surface area contributed by atoms with Gasteiger partial charge in [0.25, 0.3) is 0 Å². The standard InChI is InChI=1S/C26H45O6Si/c1-4-5-6-9-12-16-26(30-18-19-31-26)17-15-22-21(13-10-7-8-11-14-25(28)29)23(27)20-24(22)32-33(2)3/h7,10,21-22,24H,4-6,8-9,11-20H2,1-3H3,(H,28,29)/p+1/b10-7-/t21-,22-,24-/m1/s1. The fourth-order valence-corrected chi connectivity index (χ4v) is 6.02. The minimum absolute atomic E-state index is 0.00346. The van der Waals surface area contributed by atoms with E-state index in [1.807, 2.05) is 0 Å². The van der Waals surface area contributed by atoms with E-state index in [1.54, 1.807) is 0 Å². The van der Waals surface area contributed by atoms with Crippen molar-refractivity contribution in [3.8, 4) is 0 Å². The highest BCUT2D eigenvalue weighted by Gasteiger charge is 2.45. The smallest absolute Gasteiger partial charge is 0.515 e. The van der Waals surface area contributed by atoms with Crippen LogP contribution in [0.1, 0.15) is 90.4 Å². The molecule has 2 aliphatic rings. The summed E-state index contributed by atoms with van der Waals surface area (Å²) in [4.78, 5) is 23.7. The van der Waals surface area contributed by atoms with Gasteiger partial charge in [0.2, 0.25) is 9.04 Å². The number of hydrogen-bond donors (Lipinski definition) is 0. The fourth-order valence-electron chi connectivity index (χ4n) is 5.16. The lowest BCUT2D eigenvalue weighted by Crippen LogP contribution is -2.34. The van der Waals surface area contributed by atoms with Gasteiger partial charge in [-0.1, -0.05) is 44.8 Å². The molecule has 1 saturated carbocycles. The van der Waals surface area contributed by atoms with Crippen LogP contribution in [0.4, 0.5) is 0 Å². The second kappa shape index (κ2) is 15.1. The number of carbonyl (C=O) groups excluding carboxylic acids is 2. The molecular weight excluding hydrogens is 436 g/mol. The van der Waals surface area contributed by atoms with Gasteiger partial charge in [-0.25, -0.2) is 0 Å². The first-order valence-electron chi connectivity index (χ1n) is 13.0. The van der Waals surface area contributed by atoms with Crippen LogP contribution >= 0.6 is 0 Å². The van der Waals surface area contributed by atoms with Crippen molar-refractivity contribution in [3.63, 3.8) is 0 Å². The third-order valence-corrected chi connectivity index (χ3v) is 7.64. The maximum absolute atomic E-state index is 12.9. The predicted molar refractivity (Wildman–Crippen MR) is 132 cm³/mol. The lowest BCUT2D eigenvalue weighted by Gasteiger charge is -2.31. The fraction of sp³-hybridized carbons (Fsp3) is 0.846. The van der Waals surface area contributed by atoms with Gasteiger partial charge >= 0.3 is 5.97 Å². The number of ether oxygens (including phenoxy) is 2. The molecule has 0 unspecified atom stereocenters. The maximum atomic E-state index is 12.9. The molecule has 0 bridgehead atoms. The highest BCUT2D eigenvalue weighted by atomic mass is 28.3. The molecule has 6 nitrogen and oxygen atoms in total. The molecule has 2 fully saturated rings. The summed E-state index contributed by atoms with van der Waals surface area (Å²) in [6, 6.07) is 0. The molecule has 0 aromatic rings. The van der Waals surface area contributed by atoms with E-state index in [1.165, 1.54) is 25.7 Å². The lowest BCUT2D eigenvalue weighted by atomic mass is 9.85. The van der Waals surface area contributed by atoms with Crippen LogP contribution in [0.5, 0.6) is 0 Å². The first-order valence-corrected chi connectivity index (χ1v) is 15.4. The second-order valence-electron chi connectivity index (χ2n) is 9.84. The van der Waals surface area contributed by atoms with Gasteiger partial charge in [0.1, 0.15) is 12.2 Å². The highest BCUT2D eigenvalue weighted by Crippen LogP contribution is 2.41. The van der Waals surface area contributed by atoms with Crippen LogP contribution in [-0.4, -0.2) is 51.0 Å². The number of unbranched alkanes of at least 4 members (excludes halogenated alkanes) is 5. The summed E-state index contributed by atoms with van der Waals surface area (Å²) in [6.07, 6.45) is 15.9. The van der Waals surface area contributed by atoms with E-state index in [2.05, 4.69) is 32.2 Å². The first-order chi connectivity index (χ1) is 15.9. The molecule has 1 aliphatic heterocycles. The molecule has 7 heteroatoms. The van der Waals surface area contributed by atoms with Crippen LogP contribution in [-0.2, 0) is 23.5 Å². The monoisotopic (exact) mass is 482 g/mol. The number of ketones is 1. The van der Waals surface area contributed by atoms with Crippen LogP contribution in [0.2, 0.25) is 13.1 Å². The van der Waals surface area contributed by atoms with Crippen molar-refractivity contribution in [1.82, 2.24) is 0 Å². The van der Waals surface area contributed by atoms with Crippen molar-refractivity contribution in [2.24, 2.45) is 11.8 Å². The van der Waals surface area contributed by atoms with E-state index in [4.69, 9.17) is 19.0 Å². The third-order valence-electron chi connectivity index (χ3n) is 6.86. The zero-order valence-corrected chi connectivity index (χ0v) is 22.0. The zero-order chi connectivity index (χ0) is 24.1. The van der Waals surface area contributed by atoms with E-state index in [-0.39, 0.29) is 17.9 Å². The molecule has 2 N–H and O–H groups in total. The molecule has 1 radical (unpaired) electrons. The predicted octanol–water partition coefficient (Wildman–Crippen LogP) is 5.08. The molecule has 1 saturated heterocycles. The Bertz CT molecular complexity index is 614. The third kappa shape index (κ3) is 10.0. The number of rotatable bonds is 17. The average Bonchev–Trinajstić information content (AvgIpc) is 3.33. The van der Waals surface area contributed by atoms with Crippen LogP contribution in [0, 0.1) is 11.8 Å². The van der Waals surface area contributed by atoms with Gasteiger partial charge in [0.15, 0.2) is 5.79 Å². The Balaban J connectivity index is 1.95. The Labute approximate surface area is 202 Å². The quantitative estimate of drug-likeness (QED) is 0.125. The molecular formula is C26H46O6Si+. The summed E-state index contributed by atoms with van der Waals surface area (Å²) in [7, 11) is -0.893. The second-order valence-corrected chi connectivity index (χ2v) is 11.9. The first kappa shape index (κ1) is 28.2. The van der Waals surface area contributed by atoms with Crippen molar-refractivity contribution in [1.29, 1.82) is 0 Å². The van der Waals surface area contributed by atoms with Crippen molar-refractivity contribution < 1.29 is 28.6 Å². The SMILES string of the molecule is CCCCCCCC1(CC[C@H]2[C@H](O[Si](C)C)CC(=O)[C@@H]2C/C=C\CCCC(=O)[OH2+])OCCO1. The van der Waals surface area contributed by atoms with E-state index in [9.17, 15) is 9.59 Å². The van der Waals surface area contributed by atoms with Gasteiger partial charge in [-0.2, -0.15) is 0 Å². The van der Waals surface area contributed by atoms with Crippen LogP contribution < -0.4 is 0 Å². The van der Waals surface area contributed by atoms with Crippen molar-refractivity contribution >= 4 is 20.8 Å². The summed E-state index contributed by atoms with van der Waals surface area (Å²) in [6.45, 7) is 7.81. The molecule has 189 valence electrons. The summed E-state index contributed by atoms with van der Waals surface area (Å²) >= 11 is 0. The Morgan fingerprint density at radius 3 is 2.52 bits per heavy atom. The Kier molecular flexibility index (Phi) is 12.9. The molecule has 1 heterocycles. The van der Waals surface area contributed by atoms with E-state index in [0.717, 1.165) is 38.5 Å². The Morgan fingerprint density at radius 2 is 1.85 bits per heavy atom. The molecule has 3 atom stereocenters. The zero-order valence-electron chi connectivity index (χ0n) is 21.0. The summed E-state index contributed by atoms with van der Waals surface area (Å²) in [5, 5.41) is 6.99. The number of carbonyl (C=O) groups is 2. The number of Topliss-reactive ketones (excluding diaryl/α,β-unsaturated/α-hetero) is 1. The van der Waals surface area contributed by atoms with Crippen molar-refractivity contribution in [2.75, 3.05) is 13.2 Å². The van der Waals surface area contributed by atoms with Gasteiger partial charge in [0, 0.05) is 30.0 Å². The Morgan fingerprint density at radius 1 is 1.12 bits per heavy atom. The van der Waals surface area contributed by atoms with E-state index < -0.39 is 20.8 Å². The van der Waals surface area contributed by atoms with Gasteiger partial charge in [-0.3, -0.25) is 4.79 Å². The molecule has 0 amide bonds. The Hall–Kier alpha value is -1.02. The number of hydrogen-bond acceptors (Lipinski definition) is 5. The van der Waals surface area contributed by atoms with Gasteiger partial charge in [-0.15, -0.1) is 0 Å². The molecule has 0 spiro atoms. The van der Waals surface area contributed by atoms with Crippen LogP contribution in [0.3, 0.4) is 0 Å². The summed E-state index contributed by atoms with van der Waals surface area (Å²) in [5.74, 6) is -0.518. The maximum Gasteiger partial charge on any atom is 0.515 e. The summed E-state index contributed by atoms with van der Waals surface area (Å²) in [5.41, 5.74) is 0. The molecule has 1 aliphatic carbocycles. The molecule has 0 aromatic carbocycles. The van der Waals surface area contributed by atoms with E-state index in [0.29, 0.717) is 38.3 Å². The van der Waals surface area contributed by atoms with Crippen LogP contribution in [0.15, 0.2) is 12.2 Å². The minimum atomic E-state index is -0.893. The normalized spacial score (nSPS) is 25.0. The van der Waals surface area contributed by atoms with Crippen molar-refractivity contribution in [3.05, 3.63) is 12.2 Å². The van der Waals surface area contributed by atoms with Gasteiger partial charge in [0.05, 0.1) is 19.3 Å². The highest BCUT2D eigenvalue weighted by molar-refractivity contribution is 6.48. The largest absolute Gasteiger partial charge is 0.565 e. The van der Waals surface area contributed by atoms with Gasteiger partial charge < -0.3 is 19.0 Å². The molecule has 0 aromatic heterocycles. The average molecular weight is 483 g/mol. The molecule has 2 rings (SSSR count). The van der Waals surface area contributed by atoms with E-state index >= 15 is 0 Å². The topological polar surface area (TPSA) is 84.7 Å².